The fraction of sp³-hybridized carbons (Fsp3) is 0.231. The molecular weight excluding hydrogens is 310 g/mol. The molecule has 19 heavy (non-hydrogen) atoms. The van der Waals surface area contributed by atoms with E-state index >= 15 is 0 Å². The van der Waals surface area contributed by atoms with Gasteiger partial charge in [0.15, 0.2) is 0 Å². The van der Waals surface area contributed by atoms with Crippen molar-refractivity contribution in [1.29, 1.82) is 0 Å². The van der Waals surface area contributed by atoms with E-state index < -0.39 is 0 Å². The minimum Gasteiger partial charge on any atom is -0.399 e. The monoisotopic (exact) mass is 323 g/mol. The number of aromatic nitrogens is 1. The predicted molar refractivity (Wildman–Crippen MR) is 75.6 cm³/mol. The summed E-state index contributed by atoms with van der Waals surface area (Å²) >= 11 is 3.35. The first kappa shape index (κ1) is 13.6. The van der Waals surface area contributed by atoms with Crippen molar-refractivity contribution in [3.63, 3.8) is 0 Å². The van der Waals surface area contributed by atoms with Gasteiger partial charge in [-0.15, -0.1) is 0 Å². The molecule has 0 aliphatic heterocycles. The summed E-state index contributed by atoms with van der Waals surface area (Å²) in [5, 5.41) is 3.87. The highest BCUT2D eigenvalue weighted by Gasteiger charge is 2.16. The summed E-state index contributed by atoms with van der Waals surface area (Å²) in [6.07, 6.45) is 0. The largest absolute Gasteiger partial charge is 0.399 e. The van der Waals surface area contributed by atoms with E-state index in [2.05, 4.69) is 21.1 Å². The molecule has 1 aromatic carbocycles. The first-order chi connectivity index (χ1) is 8.97. The van der Waals surface area contributed by atoms with Crippen LogP contribution in [0.4, 0.5) is 5.69 Å². The normalized spacial score (nSPS) is 10.5. The lowest BCUT2D eigenvalue weighted by molar-refractivity contribution is 0.0781. The first-order valence-electron chi connectivity index (χ1n) is 5.70. The number of aryl methyl sites for hydroxylation is 1. The third-order valence-corrected chi connectivity index (χ3v) is 3.33. The van der Waals surface area contributed by atoms with Crippen LogP contribution in [0.3, 0.4) is 0 Å². The number of benzene rings is 1. The average molecular weight is 324 g/mol. The summed E-state index contributed by atoms with van der Waals surface area (Å²) in [6.45, 7) is 2.20. The van der Waals surface area contributed by atoms with Gasteiger partial charge >= 0.3 is 0 Å². The van der Waals surface area contributed by atoms with E-state index in [1.54, 1.807) is 36.2 Å². The van der Waals surface area contributed by atoms with Crippen molar-refractivity contribution in [2.75, 3.05) is 12.8 Å². The van der Waals surface area contributed by atoms with Crippen molar-refractivity contribution in [3.8, 4) is 0 Å². The molecule has 0 saturated heterocycles. The van der Waals surface area contributed by atoms with Crippen LogP contribution in [0.1, 0.15) is 21.8 Å². The number of hydrogen-bond acceptors (Lipinski definition) is 4. The molecule has 0 atom stereocenters. The Labute approximate surface area is 119 Å². The van der Waals surface area contributed by atoms with E-state index in [0.717, 1.165) is 10.2 Å². The molecule has 0 saturated carbocycles. The van der Waals surface area contributed by atoms with Crippen LogP contribution in [0.2, 0.25) is 0 Å². The Morgan fingerprint density at radius 2 is 2.21 bits per heavy atom. The smallest absolute Gasteiger partial charge is 0.255 e. The number of nitrogens with two attached hydrogens (primary N) is 1. The van der Waals surface area contributed by atoms with Crippen molar-refractivity contribution in [3.05, 3.63) is 45.8 Å². The molecule has 0 bridgehead atoms. The zero-order chi connectivity index (χ0) is 14.0. The fourth-order valence-electron chi connectivity index (χ4n) is 1.72. The van der Waals surface area contributed by atoms with Gasteiger partial charge in [-0.25, -0.2) is 0 Å². The highest BCUT2D eigenvalue weighted by molar-refractivity contribution is 9.10. The van der Waals surface area contributed by atoms with Crippen molar-refractivity contribution < 1.29 is 9.32 Å². The second-order valence-electron chi connectivity index (χ2n) is 4.33. The molecule has 0 radical (unpaired) electrons. The maximum Gasteiger partial charge on any atom is 0.255 e. The van der Waals surface area contributed by atoms with Gasteiger partial charge in [0, 0.05) is 23.3 Å². The molecule has 100 valence electrons. The van der Waals surface area contributed by atoms with Gasteiger partial charge in [0.25, 0.3) is 5.91 Å². The summed E-state index contributed by atoms with van der Waals surface area (Å²) in [4.78, 5) is 13.9. The Bertz CT molecular complexity index is 610. The van der Waals surface area contributed by atoms with Gasteiger partial charge in [0.05, 0.1) is 12.1 Å². The van der Waals surface area contributed by atoms with Gasteiger partial charge in [0.2, 0.25) is 0 Å². The second kappa shape index (κ2) is 5.44. The molecule has 5 nitrogen and oxygen atoms in total. The van der Waals surface area contributed by atoms with Crippen LogP contribution >= 0.6 is 15.9 Å². The van der Waals surface area contributed by atoms with Crippen LogP contribution < -0.4 is 5.73 Å². The summed E-state index contributed by atoms with van der Waals surface area (Å²) in [6, 6.07) is 6.95. The van der Waals surface area contributed by atoms with Crippen molar-refractivity contribution in [1.82, 2.24) is 10.1 Å². The third kappa shape index (κ3) is 3.14. The molecule has 0 aliphatic rings. The molecule has 2 rings (SSSR count). The first-order valence-corrected chi connectivity index (χ1v) is 6.49. The van der Waals surface area contributed by atoms with Gasteiger partial charge in [-0.2, -0.15) is 0 Å². The van der Waals surface area contributed by atoms with Crippen molar-refractivity contribution in [2.24, 2.45) is 0 Å². The molecule has 1 aromatic heterocycles. The predicted octanol–water partition coefficient (Wildman–Crippen LogP) is 2.60. The highest BCUT2D eigenvalue weighted by atomic mass is 79.9. The number of halogens is 1. The van der Waals surface area contributed by atoms with Gasteiger partial charge in [-0.3, -0.25) is 4.79 Å². The SMILES string of the molecule is Cc1cc(CN(C)C(=O)c2cc(N)ccc2Br)no1. The standard InChI is InChI=1S/C13H14BrN3O2/c1-8-5-10(16-19-8)7-17(2)13(18)11-6-9(15)3-4-12(11)14/h3-6H,7,15H2,1-2H3. The van der Waals surface area contributed by atoms with Gasteiger partial charge in [-0.05, 0) is 41.1 Å². The number of rotatable bonds is 3. The lowest BCUT2D eigenvalue weighted by atomic mass is 10.2. The summed E-state index contributed by atoms with van der Waals surface area (Å²) < 4.78 is 5.69. The van der Waals surface area contributed by atoms with E-state index in [9.17, 15) is 4.79 Å². The maximum atomic E-state index is 12.3. The quantitative estimate of drug-likeness (QED) is 0.881. The Kier molecular flexibility index (Phi) is 3.90. The number of anilines is 1. The van der Waals surface area contributed by atoms with Gasteiger partial charge in [0.1, 0.15) is 11.5 Å². The minimum atomic E-state index is -0.125. The Morgan fingerprint density at radius 1 is 1.47 bits per heavy atom. The molecule has 2 aromatic rings. The Balaban J connectivity index is 2.16. The van der Waals surface area contributed by atoms with E-state index in [4.69, 9.17) is 10.3 Å². The molecule has 1 amide bonds. The third-order valence-electron chi connectivity index (χ3n) is 2.64. The average Bonchev–Trinajstić information content (AvgIpc) is 2.77. The lowest BCUT2D eigenvalue weighted by Gasteiger charge is -2.16. The number of hydrogen-bond donors (Lipinski definition) is 1. The zero-order valence-electron chi connectivity index (χ0n) is 10.7. The molecule has 0 unspecified atom stereocenters. The Morgan fingerprint density at radius 3 is 2.84 bits per heavy atom. The van der Waals surface area contributed by atoms with Gasteiger partial charge in [-0.1, -0.05) is 5.16 Å². The van der Waals surface area contributed by atoms with Crippen LogP contribution in [0, 0.1) is 6.92 Å². The minimum absolute atomic E-state index is 0.125. The van der Waals surface area contributed by atoms with Crippen molar-refractivity contribution in [2.45, 2.75) is 13.5 Å². The molecule has 2 N–H and O–H groups in total. The van der Waals surface area contributed by atoms with Crippen LogP contribution in [0.15, 0.2) is 33.3 Å². The zero-order valence-corrected chi connectivity index (χ0v) is 12.3. The van der Waals surface area contributed by atoms with Crippen LogP contribution in [-0.2, 0) is 6.54 Å². The number of carbonyl (C=O) groups excluding carboxylic acids is 1. The summed E-state index contributed by atoms with van der Waals surface area (Å²) in [5.74, 6) is 0.598. The number of carbonyl (C=O) groups is 1. The molecule has 0 fully saturated rings. The molecule has 0 aliphatic carbocycles. The van der Waals surface area contributed by atoms with Gasteiger partial charge < -0.3 is 15.2 Å². The van der Waals surface area contributed by atoms with Crippen molar-refractivity contribution >= 4 is 27.5 Å². The number of nitrogens with zero attached hydrogens (tertiary/aromatic N) is 2. The van der Waals surface area contributed by atoms with Crippen LogP contribution in [-0.4, -0.2) is 23.0 Å². The lowest BCUT2D eigenvalue weighted by Crippen LogP contribution is -2.26. The summed E-state index contributed by atoms with van der Waals surface area (Å²) in [5.41, 5.74) is 7.50. The Hall–Kier alpha value is -1.82. The number of amides is 1. The van der Waals surface area contributed by atoms with E-state index in [-0.39, 0.29) is 5.91 Å². The van der Waals surface area contributed by atoms with E-state index in [0.29, 0.717) is 23.5 Å². The highest BCUT2D eigenvalue weighted by Crippen LogP contribution is 2.21. The van der Waals surface area contributed by atoms with E-state index in [1.165, 1.54) is 0 Å². The molecular formula is C13H14BrN3O2. The molecule has 0 spiro atoms. The van der Waals surface area contributed by atoms with Crippen LogP contribution in [0.5, 0.6) is 0 Å². The van der Waals surface area contributed by atoms with E-state index in [1.807, 2.05) is 6.92 Å². The molecule has 6 heteroatoms. The molecule has 1 heterocycles. The van der Waals surface area contributed by atoms with Crippen LogP contribution in [0.25, 0.3) is 0 Å². The number of nitrogen functional groups attached to an aromatic ring is 1. The maximum absolute atomic E-state index is 12.3. The summed E-state index contributed by atoms with van der Waals surface area (Å²) in [7, 11) is 1.71. The second-order valence-corrected chi connectivity index (χ2v) is 5.18. The fourth-order valence-corrected chi connectivity index (χ4v) is 2.14. The topological polar surface area (TPSA) is 72.4 Å².